The Hall–Kier alpha value is -1.47. The lowest BCUT2D eigenvalue weighted by molar-refractivity contribution is 0.134. The van der Waals surface area contributed by atoms with Crippen molar-refractivity contribution in [3.63, 3.8) is 0 Å². The average Bonchev–Trinajstić information content (AvgIpc) is 2.36. The van der Waals surface area contributed by atoms with Crippen LogP contribution in [0.4, 0.5) is 16.2 Å². The van der Waals surface area contributed by atoms with Crippen molar-refractivity contribution >= 4 is 11.8 Å². The van der Waals surface area contributed by atoms with Crippen LogP contribution in [-0.4, -0.2) is 27.1 Å². The average molecular weight is 254 g/mol. The maximum Gasteiger partial charge on any atom is 0.239 e. The Morgan fingerprint density at radius 3 is 2.67 bits per heavy atom. The molecule has 18 heavy (non-hydrogen) atoms. The maximum absolute atomic E-state index is 13.6. The Kier molecular flexibility index (Phi) is 3.93. The Balaban J connectivity index is 2.16. The summed E-state index contributed by atoms with van der Waals surface area (Å²) in [7, 11) is 0. The van der Waals surface area contributed by atoms with Crippen LogP contribution in [0.25, 0.3) is 0 Å². The van der Waals surface area contributed by atoms with Crippen molar-refractivity contribution in [2.24, 2.45) is 5.84 Å². The topological polar surface area (TPSA) is 79.1 Å². The van der Waals surface area contributed by atoms with Crippen molar-refractivity contribution < 1.29 is 4.39 Å². The van der Waals surface area contributed by atoms with E-state index in [1.165, 1.54) is 6.42 Å². The van der Waals surface area contributed by atoms with E-state index in [0.29, 0.717) is 12.1 Å². The van der Waals surface area contributed by atoms with Crippen molar-refractivity contribution in [1.82, 2.24) is 15.0 Å². The van der Waals surface area contributed by atoms with E-state index in [-0.39, 0.29) is 11.8 Å². The first-order valence-corrected chi connectivity index (χ1v) is 6.16. The van der Waals surface area contributed by atoms with Gasteiger partial charge in [-0.2, -0.15) is 4.98 Å². The van der Waals surface area contributed by atoms with Crippen molar-refractivity contribution in [3.8, 4) is 0 Å². The second-order valence-electron chi connectivity index (χ2n) is 4.68. The molecule has 4 N–H and O–H groups in total. The number of anilines is 2. The van der Waals surface area contributed by atoms with Gasteiger partial charge in [-0.05, 0) is 26.7 Å². The molecule has 0 saturated carbocycles. The molecule has 2 rings (SSSR count). The van der Waals surface area contributed by atoms with E-state index in [0.717, 1.165) is 19.0 Å². The standard InChI is InChI=1S/C11H19FN6/c1-7-4-3-5-8(2)18(7)17-10-9(12)6-14-11(15-10)16-13/h6-8H,3-5,13H2,1-2H3,(H2,14,15,16,17). The Bertz CT molecular complexity index is 403. The second-order valence-corrected chi connectivity index (χ2v) is 4.68. The van der Waals surface area contributed by atoms with Crippen LogP contribution in [-0.2, 0) is 0 Å². The highest BCUT2D eigenvalue weighted by molar-refractivity contribution is 5.39. The molecular weight excluding hydrogens is 235 g/mol. The number of nitrogens with two attached hydrogens (primary N) is 1. The van der Waals surface area contributed by atoms with Crippen LogP contribution in [0.15, 0.2) is 6.20 Å². The number of nitrogens with one attached hydrogen (secondary N) is 2. The first kappa shape index (κ1) is 13.0. The van der Waals surface area contributed by atoms with Crippen LogP contribution in [0, 0.1) is 5.82 Å². The summed E-state index contributed by atoms with van der Waals surface area (Å²) in [5.41, 5.74) is 5.34. The van der Waals surface area contributed by atoms with E-state index >= 15 is 0 Å². The van der Waals surface area contributed by atoms with Crippen LogP contribution in [0.2, 0.25) is 0 Å². The predicted octanol–water partition coefficient (Wildman–Crippen LogP) is 1.49. The lowest BCUT2D eigenvalue weighted by Crippen LogP contribution is -2.47. The monoisotopic (exact) mass is 254 g/mol. The van der Waals surface area contributed by atoms with E-state index in [4.69, 9.17) is 5.84 Å². The summed E-state index contributed by atoms with van der Waals surface area (Å²) >= 11 is 0. The molecule has 0 bridgehead atoms. The summed E-state index contributed by atoms with van der Waals surface area (Å²) in [6, 6.07) is 0.690. The van der Waals surface area contributed by atoms with E-state index in [1.54, 1.807) is 0 Å². The molecule has 0 radical (unpaired) electrons. The summed E-state index contributed by atoms with van der Waals surface area (Å²) in [5, 5.41) is 2.04. The Labute approximate surface area is 106 Å². The van der Waals surface area contributed by atoms with E-state index in [9.17, 15) is 4.39 Å². The number of hydrogen-bond donors (Lipinski definition) is 3. The molecule has 2 atom stereocenters. The number of hydrazine groups is 2. The van der Waals surface area contributed by atoms with Crippen molar-refractivity contribution in [2.45, 2.75) is 45.2 Å². The van der Waals surface area contributed by atoms with Gasteiger partial charge in [0.05, 0.1) is 6.20 Å². The molecule has 0 aliphatic carbocycles. The van der Waals surface area contributed by atoms with E-state index in [1.807, 2.05) is 5.01 Å². The molecular formula is C11H19FN6. The zero-order valence-corrected chi connectivity index (χ0v) is 10.7. The summed E-state index contributed by atoms with van der Waals surface area (Å²) < 4.78 is 13.6. The number of hydrogen-bond acceptors (Lipinski definition) is 6. The first-order valence-electron chi connectivity index (χ1n) is 6.16. The van der Waals surface area contributed by atoms with Gasteiger partial charge in [0.2, 0.25) is 5.95 Å². The molecule has 1 aromatic heterocycles. The van der Waals surface area contributed by atoms with Crippen LogP contribution < -0.4 is 16.7 Å². The number of aromatic nitrogens is 2. The zero-order valence-electron chi connectivity index (χ0n) is 10.7. The quantitative estimate of drug-likeness (QED) is 0.560. The summed E-state index contributed by atoms with van der Waals surface area (Å²) in [6.07, 6.45) is 4.48. The van der Waals surface area contributed by atoms with Crippen LogP contribution in [0.3, 0.4) is 0 Å². The molecule has 0 amide bonds. The highest BCUT2D eigenvalue weighted by Crippen LogP contribution is 2.23. The van der Waals surface area contributed by atoms with Crippen molar-refractivity contribution in [3.05, 3.63) is 12.0 Å². The van der Waals surface area contributed by atoms with E-state index in [2.05, 4.69) is 34.7 Å². The molecule has 2 heterocycles. The van der Waals surface area contributed by atoms with Crippen LogP contribution in [0.1, 0.15) is 33.1 Å². The molecule has 1 aromatic rings. The van der Waals surface area contributed by atoms with Gasteiger partial charge >= 0.3 is 0 Å². The summed E-state index contributed by atoms with van der Waals surface area (Å²) in [5.74, 6) is 5.07. The molecule has 2 unspecified atom stereocenters. The van der Waals surface area contributed by atoms with Gasteiger partial charge in [-0.25, -0.2) is 20.2 Å². The molecule has 1 aliphatic heterocycles. The molecule has 100 valence electrons. The van der Waals surface area contributed by atoms with Gasteiger partial charge in [-0.15, -0.1) is 0 Å². The van der Waals surface area contributed by atoms with Crippen molar-refractivity contribution in [1.29, 1.82) is 0 Å². The SMILES string of the molecule is CC1CCCC(C)N1Nc1nc(NN)ncc1F. The Morgan fingerprint density at radius 2 is 2.06 bits per heavy atom. The highest BCUT2D eigenvalue weighted by Gasteiger charge is 2.25. The normalized spacial score (nSPS) is 24.9. The zero-order chi connectivity index (χ0) is 13.1. The van der Waals surface area contributed by atoms with E-state index < -0.39 is 5.82 Å². The highest BCUT2D eigenvalue weighted by atomic mass is 19.1. The summed E-state index contributed by atoms with van der Waals surface area (Å²) in [4.78, 5) is 7.69. The third-order valence-corrected chi connectivity index (χ3v) is 3.30. The fourth-order valence-corrected chi connectivity index (χ4v) is 2.28. The van der Waals surface area contributed by atoms with Gasteiger partial charge in [-0.3, -0.25) is 10.9 Å². The van der Waals surface area contributed by atoms with Gasteiger partial charge in [0.1, 0.15) is 0 Å². The minimum absolute atomic E-state index is 0.151. The Morgan fingerprint density at radius 1 is 1.39 bits per heavy atom. The number of rotatable bonds is 3. The lowest BCUT2D eigenvalue weighted by atomic mass is 10.00. The number of nitrogen functional groups attached to an aromatic ring is 1. The lowest BCUT2D eigenvalue weighted by Gasteiger charge is -2.39. The number of halogens is 1. The van der Waals surface area contributed by atoms with Gasteiger partial charge < -0.3 is 0 Å². The van der Waals surface area contributed by atoms with Gasteiger partial charge in [0.25, 0.3) is 0 Å². The molecule has 7 heteroatoms. The number of piperidine rings is 1. The minimum atomic E-state index is -0.487. The molecule has 0 spiro atoms. The molecule has 1 saturated heterocycles. The van der Waals surface area contributed by atoms with Crippen LogP contribution in [0.5, 0.6) is 0 Å². The second kappa shape index (κ2) is 5.45. The maximum atomic E-state index is 13.6. The largest absolute Gasteiger partial charge is 0.300 e. The minimum Gasteiger partial charge on any atom is -0.300 e. The number of nitrogens with zero attached hydrogens (tertiary/aromatic N) is 3. The van der Waals surface area contributed by atoms with Crippen LogP contribution >= 0.6 is 0 Å². The molecule has 6 nitrogen and oxygen atoms in total. The molecule has 1 aliphatic rings. The molecule has 1 fully saturated rings. The fourth-order valence-electron chi connectivity index (χ4n) is 2.28. The fraction of sp³-hybridized carbons (Fsp3) is 0.636. The first-order chi connectivity index (χ1) is 8.61. The molecule has 0 aromatic carbocycles. The van der Waals surface area contributed by atoms with Crippen molar-refractivity contribution in [2.75, 3.05) is 10.9 Å². The smallest absolute Gasteiger partial charge is 0.239 e. The van der Waals surface area contributed by atoms with Gasteiger partial charge in [0.15, 0.2) is 11.6 Å². The van der Waals surface area contributed by atoms with Gasteiger partial charge in [0, 0.05) is 12.1 Å². The summed E-state index contributed by atoms with van der Waals surface area (Å²) in [6.45, 7) is 4.23. The predicted molar refractivity (Wildman–Crippen MR) is 68.0 cm³/mol. The third-order valence-electron chi connectivity index (χ3n) is 3.30. The van der Waals surface area contributed by atoms with Gasteiger partial charge in [-0.1, -0.05) is 6.42 Å². The third kappa shape index (κ3) is 2.68.